The minimum atomic E-state index is -0.113. The molecule has 3 rings (SSSR count). The van der Waals surface area contributed by atoms with Gasteiger partial charge in [0.25, 0.3) is 0 Å². The Balaban J connectivity index is 1.60. The Labute approximate surface area is 133 Å². The van der Waals surface area contributed by atoms with E-state index in [-0.39, 0.29) is 12.0 Å². The summed E-state index contributed by atoms with van der Waals surface area (Å²) in [7, 11) is 0. The average molecular weight is 318 g/mol. The molecule has 2 amide bonds. The number of nitrogens with one attached hydrogen (secondary N) is 1. The van der Waals surface area contributed by atoms with Gasteiger partial charge in [0, 0.05) is 24.3 Å². The van der Waals surface area contributed by atoms with Crippen LogP contribution < -0.4 is 11.1 Å². The van der Waals surface area contributed by atoms with Gasteiger partial charge in [-0.15, -0.1) is 0 Å². The SMILES string of the molecule is Nc1ncc2c(n1)CN(C(=O)NCc1ccc(Cl)cc1)CC2. The molecule has 6 nitrogen and oxygen atoms in total. The maximum atomic E-state index is 12.2. The second-order valence-corrected chi connectivity index (χ2v) is 5.59. The van der Waals surface area contributed by atoms with Gasteiger partial charge in [0.05, 0.1) is 12.2 Å². The molecule has 0 aliphatic carbocycles. The third-order valence-corrected chi connectivity index (χ3v) is 3.86. The standard InChI is InChI=1S/C15H16ClN5O/c16-12-3-1-10(2-4-12)7-19-15(22)21-6-5-11-8-18-14(17)20-13(11)9-21/h1-4,8H,5-7,9H2,(H,19,22)(H2,17,18,20). The lowest BCUT2D eigenvalue weighted by molar-refractivity contribution is 0.191. The van der Waals surface area contributed by atoms with Crippen LogP contribution in [0.4, 0.5) is 10.7 Å². The number of halogens is 1. The number of anilines is 1. The van der Waals surface area contributed by atoms with Crippen molar-refractivity contribution in [3.05, 3.63) is 52.3 Å². The lowest BCUT2D eigenvalue weighted by Crippen LogP contribution is -2.42. The van der Waals surface area contributed by atoms with E-state index in [0.717, 1.165) is 23.2 Å². The summed E-state index contributed by atoms with van der Waals surface area (Å²) in [6.45, 7) is 1.56. The molecule has 114 valence electrons. The van der Waals surface area contributed by atoms with Crippen molar-refractivity contribution in [2.24, 2.45) is 0 Å². The van der Waals surface area contributed by atoms with Crippen molar-refractivity contribution in [3.63, 3.8) is 0 Å². The molecule has 1 aliphatic rings. The monoisotopic (exact) mass is 317 g/mol. The third-order valence-electron chi connectivity index (χ3n) is 3.61. The van der Waals surface area contributed by atoms with Crippen LogP contribution in [0.1, 0.15) is 16.8 Å². The number of hydrogen-bond donors (Lipinski definition) is 2. The molecule has 22 heavy (non-hydrogen) atoms. The van der Waals surface area contributed by atoms with Crippen LogP contribution in [0.25, 0.3) is 0 Å². The molecule has 0 radical (unpaired) electrons. The highest BCUT2D eigenvalue weighted by molar-refractivity contribution is 6.30. The van der Waals surface area contributed by atoms with Gasteiger partial charge < -0.3 is 16.0 Å². The van der Waals surface area contributed by atoms with Crippen LogP contribution in [0, 0.1) is 0 Å². The van der Waals surface area contributed by atoms with Crippen LogP contribution >= 0.6 is 11.6 Å². The first kappa shape index (κ1) is 14.6. The van der Waals surface area contributed by atoms with Gasteiger partial charge in [-0.1, -0.05) is 23.7 Å². The maximum absolute atomic E-state index is 12.2. The number of nitrogens with two attached hydrogens (primary N) is 1. The molecule has 3 N–H and O–H groups in total. The Kier molecular flexibility index (Phi) is 4.11. The fourth-order valence-electron chi connectivity index (χ4n) is 2.38. The molecule has 1 aromatic carbocycles. The number of fused-ring (bicyclic) bond motifs is 1. The summed E-state index contributed by atoms with van der Waals surface area (Å²) in [5.74, 6) is 0.238. The lowest BCUT2D eigenvalue weighted by atomic mass is 10.1. The van der Waals surface area contributed by atoms with Gasteiger partial charge in [0.2, 0.25) is 5.95 Å². The molecule has 0 saturated carbocycles. The average Bonchev–Trinajstić information content (AvgIpc) is 2.53. The molecule has 1 aliphatic heterocycles. The lowest BCUT2D eigenvalue weighted by Gasteiger charge is -2.28. The van der Waals surface area contributed by atoms with Crippen molar-refractivity contribution in [3.8, 4) is 0 Å². The highest BCUT2D eigenvalue weighted by atomic mass is 35.5. The van der Waals surface area contributed by atoms with Crippen LogP contribution in [0.15, 0.2) is 30.5 Å². The number of urea groups is 1. The van der Waals surface area contributed by atoms with E-state index in [0.29, 0.717) is 24.7 Å². The number of benzene rings is 1. The van der Waals surface area contributed by atoms with Crippen LogP contribution in [-0.4, -0.2) is 27.4 Å². The summed E-state index contributed by atoms with van der Waals surface area (Å²) in [4.78, 5) is 22.2. The molecule has 0 fully saturated rings. The third kappa shape index (κ3) is 3.28. The molecular formula is C15H16ClN5O. The predicted molar refractivity (Wildman–Crippen MR) is 84.2 cm³/mol. The first-order valence-corrected chi connectivity index (χ1v) is 7.37. The zero-order chi connectivity index (χ0) is 15.5. The zero-order valence-corrected chi connectivity index (χ0v) is 12.7. The molecule has 1 aromatic heterocycles. The number of carbonyl (C=O) groups excluding carboxylic acids is 1. The van der Waals surface area contributed by atoms with Crippen LogP contribution in [-0.2, 0) is 19.5 Å². The molecule has 2 heterocycles. The number of nitrogen functional groups attached to an aromatic ring is 1. The van der Waals surface area contributed by atoms with Crippen molar-refractivity contribution < 1.29 is 4.79 Å². The predicted octanol–water partition coefficient (Wildman–Crippen LogP) is 1.98. The number of hydrogen-bond acceptors (Lipinski definition) is 4. The molecule has 0 spiro atoms. The van der Waals surface area contributed by atoms with E-state index in [1.807, 2.05) is 12.1 Å². The first-order valence-electron chi connectivity index (χ1n) is 6.99. The summed E-state index contributed by atoms with van der Waals surface area (Å²) in [6, 6.07) is 7.28. The van der Waals surface area contributed by atoms with Crippen LogP contribution in [0.2, 0.25) is 5.02 Å². The summed E-state index contributed by atoms with van der Waals surface area (Å²) >= 11 is 5.84. The minimum Gasteiger partial charge on any atom is -0.368 e. The highest BCUT2D eigenvalue weighted by Gasteiger charge is 2.21. The number of carbonyl (C=O) groups is 1. The minimum absolute atomic E-state index is 0.113. The van der Waals surface area contributed by atoms with E-state index < -0.39 is 0 Å². The van der Waals surface area contributed by atoms with Gasteiger partial charge in [0.1, 0.15) is 0 Å². The van der Waals surface area contributed by atoms with Crippen LogP contribution in [0.5, 0.6) is 0 Å². The Morgan fingerprint density at radius 2 is 2.14 bits per heavy atom. The van der Waals surface area contributed by atoms with E-state index in [9.17, 15) is 4.79 Å². The Bertz CT molecular complexity index is 689. The normalized spacial score (nSPS) is 13.6. The number of nitrogens with zero attached hydrogens (tertiary/aromatic N) is 3. The van der Waals surface area contributed by atoms with Crippen molar-refractivity contribution >= 4 is 23.6 Å². The molecule has 0 bridgehead atoms. The molecular weight excluding hydrogens is 302 g/mol. The molecule has 7 heteroatoms. The largest absolute Gasteiger partial charge is 0.368 e. The van der Waals surface area contributed by atoms with Crippen molar-refractivity contribution in [1.29, 1.82) is 0 Å². The van der Waals surface area contributed by atoms with Gasteiger partial charge in [-0.2, -0.15) is 0 Å². The molecule has 2 aromatic rings. The summed E-state index contributed by atoms with van der Waals surface area (Å²) < 4.78 is 0. The van der Waals surface area contributed by atoms with Gasteiger partial charge in [-0.3, -0.25) is 0 Å². The number of aromatic nitrogens is 2. The van der Waals surface area contributed by atoms with Crippen molar-refractivity contribution in [1.82, 2.24) is 20.2 Å². The van der Waals surface area contributed by atoms with Gasteiger partial charge >= 0.3 is 6.03 Å². The zero-order valence-electron chi connectivity index (χ0n) is 11.9. The fraction of sp³-hybridized carbons (Fsp3) is 0.267. The van der Waals surface area contributed by atoms with Crippen molar-refractivity contribution in [2.75, 3.05) is 12.3 Å². The van der Waals surface area contributed by atoms with E-state index in [1.165, 1.54) is 0 Å². The smallest absolute Gasteiger partial charge is 0.318 e. The second kappa shape index (κ2) is 6.19. The Morgan fingerprint density at radius 1 is 1.36 bits per heavy atom. The quantitative estimate of drug-likeness (QED) is 0.887. The van der Waals surface area contributed by atoms with E-state index in [4.69, 9.17) is 17.3 Å². The topological polar surface area (TPSA) is 84.1 Å². The van der Waals surface area contributed by atoms with E-state index >= 15 is 0 Å². The van der Waals surface area contributed by atoms with Gasteiger partial charge in [0.15, 0.2) is 0 Å². The number of rotatable bonds is 2. The maximum Gasteiger partial charge on any atom is 0.318 e. The molecule has 0 atom stereocenters. The van der Waals surface area contributed by atoms with Gasteiger partial charge in [-0.25, -0.2) is 14.8 Å². The number of amides is 2. The molecule has 0 unspecified atom stereocenters. The van der Waals surface area contributed by atoms with Crippen LogP contribution in [0.3, 0.4) is 0 Å². The fourth-order valence-corrected chi connectivity index (χ4v) is 2.51. The van der Waals surface area contributed by atoms with E-state index in [2.05, 4.69) is 15.3 Å². The summed E-state index contributed by atoms with van der Waals surface area (Å²) in [5, 5.41) is 3.58. The molecule has 0 saturated heterocycles. The van der Waals surface area contributed by atoms with Gasteiger partial charge in [-0.05, 0) is 29.7 Å². The first-order chi connectivity index (χ1) is 10.6. The Morgan fingerprint density at radius 3 is 2.91 bits per heavy atom. The Hall–Kier alpha value is -2.34. The van der Waals surface area contributed by atoms with Crippen molar-refractivity contribution in [2.45, 2.75) is 19.5 Å². The van der Waals surface area contributed by atoms with E-state index in [1.54, 1.807) is 23.2 Å². The highest BCUT2D eigenvalue weighted by Crippen LogP contribution is 2.17. The summed E-state index contributed by atoms with van der Waals surface area (Å²) in [6.07, 6.45) is 2.48. The summed E-state index contributed by atoms with van der Waals surface area (Å²) in [5.41, 5.74) is 8.47. The second-order valence-electron chi connectivity index (χ2n) is 5.16.